The first-order valence-corrected chi connectivity index (χ1v) is 4.55. The molecule has 2 amide bonds. The van der Waals surface area contributed by atoms with Crippen molar-refractivity contribution < 1.29 is 14.3 Å². The standard InChI is InChI=1S/C8H18N4O3/c1-11(9)7(13)3-5-15-6-4-8(14)12(2)10/h3-6,9-10H2,1-2H3. The molecule has 0 aliphatic rings. The average Bonchev–Trinajstić information content (AvgIpc) is 2.16. The molecule has 15 heavy (non-hydrogen) atoms. The molecule has 0 fully saturated rings. The van der Waals surface area contributed by atoms with Crippen LogP contribution in [0, 0.1) is 0 Å². The number of hydrogen-bond acceptors (Lipinski definition) is 5. The molecule has 88 valence electrons. The van der Waals surface area contributed by atoms with Crippen molar-refractivity contribution in [3.05, 3.63) is 0 Å². The van der Waals surface area contributed by atoms with E-state index in [1.165, 1.54) is 14.1 Å². The van der Waals surface area contributed by atoms with Gasteiger partial charge in [0.25, 0.3) is 0 Å². The van der Waals surface area contributed by atoms with Gasteiger partial charge in [-0.05, 0) is 0 Å². The van der Waals surface area contributed by atoms with E-state index >= 15 is 0 Å². The molecule has 0 aliphatic heterocycles. The highest BCUT2D eigenvalue weighted by Crippen LogP contribution is 1.90. The Bertz CT molecular complexity index is 196. The average molecular weight is 218 g/mol. The van der Waals surface area contributed by atoms with E-state index in [4.69, 9.17) is 16.4 Å². The molecule has 0 unspecified atom stereocenters. The zero-order valence-corrected chi connectivity index (χ0v) is 9.10. The normalized spacial score (nSPS) is 9.87. The van der Waals surface area contributed by atoms with Crippen LogP contribution in [0.5, 0.6) is 0 Å². The van der Waals surface area contributed by atoms with Crippen LogP contribution in [0.2, 0.25) is 0 Å². The first kappa shape index (κ1) is 13.8. The number of amides is 2. The lowest BCUT2D eigenvalue weighted by molar-refractivity contribution is -0.132. The smallest absolute Gasteiger partial charge is 0.238 e. The maximum absolute atomic E-state index is 11.0. The molecule has 0 saturated carbocycles. The van der Waals surface area contributed by atoms with E-state index < -0.39 is 0 Å². The number of hydrogen-bond donors (Lipinski definition) is 2. The van der Waals surface area contributed by atoms with Gasteiger partial charge in [-0.25, -0.2) is 11.7 Å². The van der Waals surface area contributed by atoms with E-state index in [2.05, 4.69) is 0 Å². The molecule has 0 aromatic rings. The van der Waals surface area contributed by atoms with Gasteiger partial charge in [-0.1, -0.05) is 0 Å². The van der Waals surface area contributed by atoms with Crippen LogP contribution in [0.1, 0.15) is 12.8 Å². The lowest BCUT2D eigenvalue weighted by atomic mass is 10.4. The van der Waals surface area contributed by atoms with Crippen molar-refractivity contribution in [3.8, 4) is 0 Å². The van der Waals surface area contributed by atoms with Gasteiger partial charge in [-0.15, -0.1) is 0 Å². The summed E-state index contributed by atoms with van der Waals surface area (Å²) in [5, 5.41) is 2.00. The predicted molar refractivity (Wildman–Crippen MR) is 54.0 cm³/mol. The Kier molecular flexibility index (Phi) is 6.59. The second-order valence-electron chi connectivity index (χ2n) is 3.12. The molecule has 0 saturated heterocycles. The Labute approximate surface area is 88.9 Å². The Hall–Kier alpha value is -1.18. The van der Waals surface area contributed by atoms with E-state index in [0.29, 0.717) is 0 Å². The van der Waals surface area contributed by atoms with Crippen molar-refractivity contribution in [2.75, 3.05) is 27.3 Å². The van der Waals surface area contributed by atoms with Crippen LogP contribution in [0.3, 0.4) is 0 Å². The number of rotatable bonds is 6. The molecule has 7 nitrogen and oxygen atoms in total. The summed E-state index contributed by atoms with van der Waals surface area (Å²) in [5.74, 6) is 9.96. The van der Waals surface area contributed by atoms with Gasteiger partial charge in [0.2, 0.25) is 11.8 Å². The van der Waals surface area contributed by atoms with Gasteiger partial charge >= 0.3 is 0 Å². The molecule has 0 aromatic heterocycles. The fourth-order valence-electron chi connectivity index (χ4n) is 0.774. The SMILES string of the molecule is CN(N)C(=O)CCOCCC(=O)N(C)N. The van der Waals surface area contributed by atoms with Crippen LogP contribution >= 0.6 is 0 Å². The van der Waals surface area contributed by atoms with Gasteiger partial charge in [0.15, 0.2) is 0 Å². The molecule has 0 spiro atoms. The second-order valence-corrected chi connectivity index (χ2v) is 3.12. The van der Waals surface area contributed by atoms with E-state index in [9.17, 15) is 9.59 Å². The van der Waals surface area contributed by atoms with E-state index in [1.54, 1.807) is 0 Å². The molecular formula is C8H18N4O3. The van der Waals surface area contributed by atoms with E-state index in [0.717, 1.165) is 10.0 Å². The van der Waals surface area contributed by atoms with Gasteiger partial charge in [-0.2, -0.15) is 0 Å². The Morgan fingerprint density at radius 1 is 1.00 bits per heavy atom. The number of carbonyl (C=O) groups is 2. The summed E-state index contributed by atoms with van der Waals surface area (Å²) in [6.07, 6.45) is 0.416. The maximum Gasteiger partial charge on any atom is 0.238 e. The van der Waals surface area contributed by atoms with Crippen LogP contribution < -0.4 is 11.7 Å². The van der Waals surface area contributed by atoms with Gasteiger partial charge in [0, 0.05) is 14.1 Å². The lowest BCUT2D eigenvalue weighted by Gasteiger charge is -2.11. The molecule has 0 bridgehead atoms. The molecule has 7 heteroatoms. The third-order valence-electron chi connectivity index (χ3n) is 1.71. The number of nitrogens with two attached hydrogens (primary N) is 2. The third-order valence-corrected chi connectivity index (χ3v) is 1.71. The van der Waals surface area contributed by atoms with Crippen LogP contribution in [-0.2, 0) is 14.3 Å². The van der Waals surface area contributed by atoms with Crippen molar-refractivity contribution >= 4 is 11.8 Å². The van der Waals surface area contributed by atoms with Crippen LogP contribution in [0.15, 0.2) is 0 Å². The summed E-state index contributed by atoms with van der Waals surface area (Å²) in [4.78, 5) is 21.9. The third kappa shape index (κ3) is 6.83. The highest BCUT2D eigenvalue weighted by Gasteiger charge is 2.06. The number of hydrazine groups is 2. The number of carbonyl (C=O) groups excluding carboxylic acids is 2. The van der Waals surface area contributed by atoms with Crippen molar-refractivity contribution in [2.24, 2.45) is 11.7 Å². The summed E-state index contributed by atoms with van der Waals surface area (Å²) >= 11 is 0. The Morgan fingerprint density at radius 3 is 1.60 bits per heavy atom. The minimum absolute atomic E-state index is 0.208. The molecule has 0 rings (SSSR count). The Balaban J connectivity index is 3.40. The molecule has 0 heterocycles. The summed E-state index contributed by atoms with van der Waals surface area (Å²) < 4.78 is 5.07. The first-order chi connectivity index (χ1) is 6.95. The summed E-state index contributed by atoms with van der Waals surface area (Å²) in [6, 6.07) is 0. The highest BCUT2D eigenvalue weighted by atomic mass is 16.5. The molecule has 0 aromatic carbocycles. The summed E-state index contributed by atoms with van der Waals surface area (Å²) in [5.41, 5.74) is 0. The topological polar surface area (TPSA) is 102 Å². The van der Waals surface area contributed by atoms with Crippen LogP contribution in [0.4, 0.5) is 0 Å². The van der Waals surface area contributed by atoms with Crippen molar-refractivity contribution in [1.82, 2.24) is 10.0 Å². The fraction of sp³-hybridized carbons (Fsp3) is 0.750. The summed E-state index contributed by atoms with van der Waals surface area (Å²) in [7, 11) is 2.94. The lowest BCUT2D eigenvalue weighted by Crippen LogP contribution is -2.34. The van der Waals surface area contributed by atoms with E-state index in [1.807, 2.05) is 0 Å². The van der Waals surface area contributed by atoms with Crippen molar-refractivity contribution in [1.29, 1.82) is 0 Å². The largest absolute Gasteiger partial charge is 0.380 e. The van der Waals surface area contributed by atoms with Crippen molar-refractivity contribution in [3.63, 3.8) is 0 Å². The molecule has 0 aliphatic carbocycles. The maximum atomic E-state index is 11.0. The quantitative estimate of drug-likeness (QED) is 0.243. The van der Waals surface area contributed by atoms with Crippen LogP contribution in [-0.4, -0.2) is 49.1 Å². The Morgan fingerprint density at radius 2 is 1.33 bits per heavy atom. The zero-order valence-electron chi connectivity index (χ0n) is 9.10. The minimum atomic E-state index is -0.211. The number of ether oxygens (including phenoxy) is 1. The van der Waals surface area contributed by atoms with Crippen LogP contribution in [0.25, 0.3) is 0 Å². The van der Waals surface area contributed by atoms with Gasteiger partial charge < -0.3 is 4.74 Å². The summed E-state index contributed by atoms with van der Waals surface area (Å²) in [6.45, 7) is 0.504. The molecular weight excluding hydrogens is 200 g/mol. The first-order valence-electron chi connectivity index (χ1n) is 4.55. The van der Waals surface area contributed by atoms with Gasteiger partial charge in [0.05, 0.1) is 26.1 Å². The monoisotopic (exact) mass is 218 g/mol. The highest BCUT2D eigenvalue weighted by molar-refractivity contribution is 5.75. The molecule has 4 N–H and O–H groups in total. The molecule has 0 atom stereocenters. The fourth-order valence-corrected chi connectivity index (χ4v) is 0.774. The number of nitrogens with zero attached hydrogens (tertiary/aromatic N) is 2. The molecule has 0 radical (unpaired) electrons. The van der Waals surface area contributed by atoms with Crippen molar-refractivity contribution in [2.45, 2.75) is 12.8 Å². The minimum Gasteiger partial charge on any atom is -0.380 e. The zero-order chi connectivity index (χ0) is 11.8. The second kappa shape index (κ2) is 7.16. The predicted octanol–water partition coefficient (Wildman–Crippen LogP) is -1.55. The van der Waals surface area contributed by atoms with Gasteiger partial charge in [0.1, 0.15) is 0 Å². The van der Waals surface area contributed by atoms with Gasteiger partial charge in [-0.3, -0.25) is 19.6 Å². The van der Waals surface area contributed by atoms with E-state index in [-0.39, 0.29) is 37.9 Å².